The standard InChI is InChI=1S/C12H14N2.2C2H6/c1-4-10-9(3)13-12-7-8(2)5-6-11(12)14-10;2*1-2/h5-7H,4H2,1-3H3;2*1-2H3. The van der Waals surface area contributed by atoms with Crippen LogP contribution >= 0.6 is 0 Å². The molecule has 0 amide bonds. The SMILES string of the molecule is CC.CC.CCc1nc2ccc(C)cc2nc1C. The molecule has 2 aromatic rings. The van der Waals surface area contributed by atoms with Gasteiger partial charge in [-0.05, 0) is 38.0 Å². The second-order valence-electron chi connectivity index (χ2n) is 3.60. The average Bonchev–Trinajstić information content (AvgIpc) is 2.42. The lowest BCUT2D eigenvalue weighted by atomic mass is 10.2. The molecule has 0 saturated heterocycles. The first kappa shape index (κ1) is 16.6. The molecule has 0 fully saturated rings. The van der Waals surface area contributed by atoms with Crippen LogP contribution in [0, 0.1) is 13.8 Å². The third-order valence-corrected chi connectivity index (χ3v) is 2.43. The number of nitrogens with zero attached hydrogens (tertiary/aromatic N) is 2. The molecule has 1 heterocycles. The highest BCUT2D eigenvalue weighted by Crippen LogP contribution is 2.14. The van der Waals surface area contributed by atoms with Gasteiger partial charge in [-0.15, -0.1) is 0 Å². The zero-order valence-corrected chi connectivity index (χ0v) is 12.8. The van der Waals surface area contributed by atoms with Crippen molar-refractivity contribution in [2.45, 2.75) is 54.9 Å². The summed E-state index contributed by atoms with van der Waals surface area (Å²) in [4.78, 5) is 9.12. The van der Waals surface area contributed by atoms with E-state index in [4.69, 9.17) is 0 Å². The van der Waals surface area contributed by atoms with Crippen molar-refractivity contribution in [3.05, 3.63) is 35.2 Å². The Labute approximate surface area is 111 Å². The minimum absolute atomic E-state index is 0.947. The van der Waals surface area contributed by atoms with Crippen LogP contribution in [0.2, 0.25) is 0 Å². The highest BCUT2D eigenvalue weighted by atomic mass is 14.8. The number of aryl methyl sites for hydroxylation is 3. The van der Waals surface area contributed by atoms with Gasteiger partial charge in [0.2, 0.25) is 0 Å². The summed E-state index contributed by atoms with van der Waals surface area (Å²) in [7, 11) is 0. The molecule has 0 N–H and O–H groups in total. The molecule has 18 heavy (non-hydrogen) atoms. The van der Waals surface area contributed by atoms with Crippen LogP contribution < -0.4 is 0 Å². The van der Waals surface area contributed by atoms with Gasteiger partial charge in [0.1, 0.15) is 0 Å². The van der Waals surface area contributed by atoms with Crippen molar-refractivity contribution < 1.29 is 0 Å². The normalized spacial score (nSPS) is 9.06. The van der Waals surface area contributed by atoms with E-state index in [1.165, 1.54) is 5.56 Å². The summed E-state index contributed by atoms with van der Waals surface area (Å²) in [6.07, 6.45) is 0.947. The molecular formula is C16H26N2. The van der Waals surface area contributed by atoms with Gasteiger partial charge in [-0.2, -0.15) is 0 Å². The topological polar surface area (TPSA) is 25.8 Å². The number of hydrogen-bond acceptors (Lipinski definition) is 2. The highest BCUT2D eigenvalue weighted by Gasteiger charge is 2.02. The average molecular weight is 246 g/mol. The monoisotopic (exact) mass is 246 g/mol. The molecule has 1 aromatic carbocycles. The van der Waals surface area contributed by atoms with Crippen LogP contribution in [0.1, 0.15) is 51.6 Å². The van der Waals surface area contributed by atoms with Crippen LogP contribution in [0.3, 0.4) is 0 Å². The van der Waals surface area contributed by atoms with E-state index < -0.39 is 0 Å². The van der Waals surface area contributed by atoms with E-state index in [2.05, 4.69) is 35.9 Å². The Kier molecular flexibility index (Phi) is 7.93. The molecule has 0 bridgehead atoms. The zero-order valence-electron chi connectivity index (χ0n) is 12.8. The fourth-order valence-corrected chi connectivity index (χ4v) is 1.62. The van der Waals surface area contributed by atoms with Gasteiger partial charge < -0.3 is 0 Å². The third kappa shape index (κ3) is 4.10. The Hall–Kier alpha value is -1.44. The first-order chi connectivity index (χ1) is 8.70. The Bertz CT molecular complexity index is 476. The molecule has 2 heteroatoms. The van der Waals surface area contributed by atoms with Gasteiger partial charge in [0, 0.05) is 0 Å². The molecule has 100 valence electrons. The summed E-state index contributed by atoms with van der Waals surface area (Å²) in [5, 5.41) is 0. The summed E-state index contributed by atoms with van der Waals surface area (Å²) in [5.74, 6) is 0. The van der Waals surface area contributed by atoms with E-state index in [1.807, 2.05) is 40.7 Å². The predicted octanol–water partition coefficient (Wildman–Crippen LogP) is 4.86. The van der Waals surface area contributed by atoms with E-state index >= 15 is 0 Å². The first-order valence-corrected chi connectivity index (χ1v) is 6.94. The van der Waals surface area contributed by atoms with E-state index in [-0.39, 0.29) is 0 Å². The number of hydrogen-bond donors (Lipinski definition) is 0. The first-order valence-electron chi connectivity index (χ1n) is 6.94. The van der Waals surface area contributed by atoms with Gasteiger partial charge >= 0.3 is 0 Å². The number of fused-ring (bicyclic) bond motifs is 1. The Morgan fingerprint density at radius 1 is 0.889 bits per heavy atom. The van der Waals surface area contributed by atoms with Gasteiger partial charge in [-0.1, -0.05) is 40.7 Å². The molecule has 0 radical (unpaired) electrons. The van der Waals surface area contributed by atoms with Crippen molar-refractivity contribution in [2.75, 3.05) is 0 Å². The Balaban J connectivity index is 0.000000659. The number of aromatic nitrogens is 2. The maximum Gasteiger partial charge on any atom is 0.0892 e. The number of rotatable bonds is 1. The molecule has 1 aromatic heterocycles. The van der Waals surface area contributed by atoms with E-state index in [0.717, 1.165) is 28.8 Å². The molecule has 0 spiro atoms. The lowest BCUT2D eigenvalue weighted by Gasteiger charge is -2.04. The quantitative estimate of drug-likeness (QED) is 0.718. The maximum absolute atomic E-state index is 4.57. The number of benzene rings is 1. The molecule has 0 aliphatic heterocycles. The van der Waals surface area contributed by atoms with Crippen LogP contribution in [0.4, 0.5) is 0 Å². The van der Waals surface area contributed by atoms with Crippen LogP contribution in [0.15, 0.2) is 18.2 Å². The van der Waals surface area contributed by atoms with Crippen molar-refractivity contribution >= 4 is 11.0 Å². The molecule has 0 unspecified atom stereocenters. The summed E-state index contributed by atoms with van der Waals surface area (Å²) in [6, 6.07) is 6.19. The van der Waals surface area contributed by atoms with Crippen molar-refractivity contribution in [1.29, 1.82) is 0 Å². The van der Waals surface area contributed by atoms with Crippen molar-refractivity contribution in [3.63, 3.8) is 0 Å². The summed E-state index contributed by atoms with van der Waals surface area (Å²) >= 11 is 0. The van der Waals surface area contributed by atoms with E-state index in [9.17, 15) is 0 Å². The zero-order chi connectivity index (χ0) is 14.1. The van der Waals surface area contributed by atoms with E-state index in [0.29, 0.717) is 0 Å². The lowest BCUT2D eigenvalue weighted by molar-refractivity contribution is 0.989. The van der Waals surface area contributed by atoms with Gasteiger partial charge in [0.05, 0.1) is 22.4 Å². The molecule has 2 rings (SSSR count). The van der Waals surface area contributed by atoms with Crippen molar-refractivity contribution in [3.8, 4) is 0 Å². The summed E-state index contributed by atoms with van der Waals surface area (Å²) < 4.78 is 0. The highest BCUT2D eigenvalue weighted by molar-refractivity contribution is 5.75. The summed E-state index contributed by atoms with van der Waals surface area (Å²) in [5.41, 5.74) is 5.38. The molecule has 2 nitrogen and oxygen atoms in total. The smallest absolute Gasteiger partial charge is 0.0892 e. The third-order valence-electron chi connectivity index (χ3n) is 2.43. The second kappa shape index (κ2) is 8.62. The molecule has 0 saturated carbocycles. The predicted molar refractivity (Wildman–Crippen MR) is 81.1 cm³/mol. The van der Waals surface area contributed by atoms with Crippen molar-refractivity contribution in [2.24, 2.45) is 0 Å². The van der Waals surface area contributed by atoms with Crippen LogP contribution in [0.25, 0.3) is 11.0 Å². The van der Waals surface area contributed by atoms with Crippen molar-refractivity contribution in [1.82, 2.24) is 9.97 Å². The largest absolute Gasteiger partial charge is 0.250 e. The van der Waals surface area contributed by atoms with Crippen LogP contribution in [0.5, 0.6) is 0 Å². The molecular weight excluding hydrogens is 220 g/mol. The Morgan fingerprint density at radius 3 is 2.06 bits per heavy atom. The molecule has 0 aliphatic rings. The van der Waals surface area contributed by atoms with Crippen LogP contribution in [-0.2, 0) is 6.42 Å². The second-order valence-corrected chi connectivity index (χ2v) is 3.60. The van der Waals surface area contributed by atoms with Gasteiger partial charge in [0.15, 0.2) is 0 Å². The van der Waals surface area contributed by atoms with E-state index in [1.54, 1.807) is 0 Å². The maximum atomic E-state index is 4.57. The van der Waals surface area contributed by atoms with Gasteiger partial charge in [-0.3, -0.25) is 0 Å². The van der Waals surface area contributed by atoms with Gasteiger partial charge in [0.25, 0.3) is 0 Å². The minimum Gasteiger partial charge on any atom is -0.250 e. The van der Waals surface area contributed by atoms with Gasteiger partial charge in [-0.25, -0.2) is 9.97 Å². The lowest BCUT2D eigenvalue weighted by Crippen LogP contribution is -1.96. The summed E-state index contributed by atoms with van der Waals surface area (Å²) in [6.45, 7) is 14.2. The fraction of sp³-hybridized carbons (Fsp3) is 0.500. The van der Waals surface area contributed by atoms with Crippen LogP contribution in [-0.4, -0.2) is 9.97 Å². The molecule has 0 atom stereocenters. The fourth-order valence-electron chi connectivity index (χ4n) is 1.62. The Morgan fingerprint density at radius 2 is 1.50 bits per heavy atom. The molecule has 0 aliphatic carbocycles. The minimum atomic E-state index is 0.947.